The molecule has 1 aromatic carbocycles. The van der Waals surface area contributed by atoms with E-state index in [-0.39, 0.29) is 11.3 Å². The van der Waals surface area contributed by atoms with Crippen LogP contribution >= 0.6 is 0 Å². The number of carbonyl (C=O) groups is 1. The summed E-state index contributed by atoms with van der Waals surface area (Å²) >= 11 is 0. The highest BCUT2D eigenvalue weighted by molar-refractivity contribution is 7.89. The van der Waals surface area contributed by atoms with Gasteiger partial charge in [0.25, 0.3) is 0 Å². The van der Waals surface area contributed by atoms with E-state index in [4.69, 9.17) is 10.2 Å². The smallest absolute Gasteiger partial charge is 0.305 e. The normalized spacial score (nSPS) is 14.3. The van der Waals surface area contributed by atoms with Crippen LogP contribution in [0.15, 0.2) is 29.2 Å². The van der Waals surface area contributed by atoms with E-state index in [2.05, 4.69) is 16.7 Å². The topological polar surface area (TPSA) is 102 Å². The van der Waals surface area contributed by atoms with E-state index in [1.807, 2.05) is 13.8 Å². The van der Waals surface area contributed by atoms with E-state index in [1.54, 1.807) is 0 Å². The third-order valence-corrected chi connectivity index (χ3v) is 6.13. The Hall–Kier alpha value is -2.45. The fourth-order valence-corrected chi connectivity index (χ4v) is 4.42. The first kappa shape index (κ1) is 24.8. The van der Waals surface area contributed by atoms with Gasteiger partial charge in [-0.25, -0.2) is 17.9 Å². The van der Waals surface area contributed by atoms with Crippen molar-refractivity contribution in [1.29, 1.82) is 0 Å². The number of primary sulfonamides is 1. The minimum atomic E-state index is -3.69. The van der Waals surface area contributed by atoms with Crippen molar-refractivity contribution >= 4 is 28.1 Å². The van der Waals surface area contributed by atoms with Crippen LogP contribution < -0.4 is 15.7 Å². The first-order valence-electron chi connectivity index (χ1n) is 10.7. The number of benzene rings is 1. The number of aromatic nitrogens is 1. The zero-order chi connectivity index (χ0) is 23.0. The van der Waals surface area contributed by atoms with Gasteiger partial charge in [-0.15, -0.1) is 0 Å². The minimum absolute atomic E-state index is 0.0844. The van der Waals surface area contributed by atoms with Crippen molar-refractivity contribution in [3.05, 3.63) is 51.9 Å². The van der Waals surface area contributed by atoms with Gasteiger partial charge < -0.3 is 9.67 Å². The average molecular weight is 451 g/mol. The summed E-state index contributed by atoms with van der Waals surface area (Å²) in [4.78, 5) is 10.7. The van der Waals surface area contributed by atoms with Crippen LogP contribution in [-0.4, -0.2) is 24.1 Å². The van der Waals surface area contributed by atoms with Crippen LogP contribution in [0.4, 0.5) is 4.39 Å². The average Bonchev–Trinajstić information content (AvgIpc) is 3.08. The monoisotopic (exact) mass is 450 g/mol. The number of nitrogens with zero attached hydrogens (tertiary/aromatic N) is 1. The molecule has 0 saturated carbocycles. The number of fused-ring (bicyclic) bond motifs is 3. The van der Waals surface area contributed by atoms with Crippen molar-refractivity contribution < 1.29 is 22.7 Å². The van der Waals surface area contributed by atoms with Crippen molar-refractivity contribution in [2.75, 3.05) is 0 Å². The van der Waals surface area contributed by atoms with Crippen LogP contribution in [-0.2, 0) is 34.2 Å². The molecule has 0 radical (unpaired) electrons. The molecule has 1 aromatic heterocycles. The molecule has 4 rings (SSSR count). The van der Waals surface area contributed by atoms with Crippen molar-refractivity contribution in [3.63, 3.8) is 0 Å². The predicted molar refractivity (Wildman–Crippen MR) is 120 cm³/mol. The molecule has 2 aromatic rings. The van der Waals surface area contributed by atoms with Crippen molar-refractivity contribution in [3.8, 4) is 0 Å². The summed E-state index contributed by atoms with van der Waals surface area (Å²) in [7, 11) is -3.69. The molecule has 2 aliphatic carbocycles. The third kappa shape index (κ3) is 6.51. The molecule has 3 N–H and O–H groups in total. The number of carboxylic acid groups (broad SMARTS) is 1. The summed E-state index contributed by atoms with van der Waals surface area (Å²) in [5.41, 5.74) is 2.90. The predicted octanol–water partition coefficient (Wildman–Crippen LogP) is 2.70. The van der Waals surface area contributed by atoms with E-state index < -0.39 is 21.8 Å². The second-order valence-corrected chi connectivity index (χ2v) is 8.77. The number of hydrogen-bond acceptors (Lipinski definition) is 3. The number of nitrogens with two attached hydrogens (primary N) is 1. The van der Waals surface area contributed by atoms with Gasteiger partial charge in [-0.3, -0.25) is 4.79 Å². The van der Waals surface area contributed by atoms with Crippen LogP contribution in [0.5, 0.6) is 0 Å². The standard InChI is InChI=1S/C15H19NO2.C6H6FNO2S.C2H6/c17-15(18)9-10-16-13-7-3-1-5-11(13)12-6-2-4-8-14(12)16;7-5-1-3-6(4-2-5)11(8,9)10;1-2/h5,7H,1-4,6,8-10H2,(H,17,18);1-4H,(H2,8,9,10);1-2H3. The van der Waals surface area contributed by atoms with Gasteiger partial charge in [-0.2, -0.15) is 0 Å². The molecule has 6 nitrogen and oxygen atoms in total. The molecule has 0 bridgehead atoms. The number of rotatable bonds is 4. The van der Waals surface area contributed by atoms with Crippen molar-refractivity contribution in [2.45, 2.75) is 70.2 Å². The van der Waals surface area contributed by atoms with Gasteiger partial charge in [0.15, 0.2) is 0 Å². The molecule has 8 heteroatoms. The molecule has 0 aliphatic heterocycles. The summed E-state index contributed by atoms with van der Waals surface area (Å²) in [6.07, 6.45) is 11.9. The fourth-order valence-electron chi connectivity index (χ4n) is 3.91. The number of hydrogen-bond donors (Lipinski definition) is 2. The Bertz CT molecular complexity index is 1120. The largest absolute Gasteiger partial charge is 0.481 e. The van der Waals surface area contributed by atoms with Gasteiger partial charge in [0.2, 0.25) is 10.0 Å². The lowest BCUT2D eigenvalue weighted by Gasteiger charge is -2.15. The Balaban J connectivity index is 0.000000226. The van der Waals surface area contributed by atoms with E-state index >= 15 is 0 Å². The molecule has 0 atom stereocenters. The SMILES string of the molecule is CC.NS(=O)(=O)c1ccc(F)cc1.O=C(O)CCn1c2c(c3c1=CCCC=3)CCCC2. The lowest BCUT2D eigenvalue weighted by atomic mass is 9.96. The maximum Gasteiger partial charge on any atom is 0.305 e. The van der Waals surface area contributed by atoms with Crippen molar-refractivity contribution in [2.24, 2.45) is 5.14 Å². The number of aliphatic carboxylic acids is 1. The summed E-state index contributed by atoms with van der Waals surface area (Å²) in [6.45, 7) is 4.62. The summed E-state index contributed by atoms with van der Waals surface area (Å²) in [6, 6.07) is 4.31. The Morgan fingerprint density at radius 3 is 2.32 bits per heavy atom. The molecule has 0 spiro atoms. The van der Waals surface area contributed by atoms with Crippen LogP contribution in [0.2, 0.25) is 0 Å². The van der Waals surface area contributed by atoms with E-state index in [1.165, 1.54) is 41.1 Å². The lowest BCUT2D eigenvalue weighted by Crippen LogP contribution is -2.32. The first-order valence-corrected chi connectivity index (χ1v) is 12.2. The summed E-state index contributed by atoms with van der Waals surface area (Å²) in [5.74, 6) is -1.20. The van der Waals surface area contributed by atoms with E-state index in [0.717, 1.165) is 43.5 Å². The van der Waals surface area contributed by atoms with Crippen LogP contribution in [0, 0.1) is 5.82 Å². The number of halogens is 1. The molecule has 0 saturated heterocycles. The Morgan fingerprint density at radius 1 is 1.10 bits per heavy atom. The minimum Gasteiger partial charge on any atom is -0.481 e. The maximum absolute atomic E-state index is 12.2. The third-order valence-electron chi connectivity index (χ3n) is 5.20. The highest BCUT2D eigenvalue weighted by Crippen LogP contribution is 2.19. The van der Waals surface area contributed by atoms with Gasteiger partial charge in [0, 0.05) is 17.6 Å². The molecular weight excluding hydrogens is 419 g/mol. The highest BCUT2D eigenvalue weighted by Gasteiger charge is 2.19. The second-order valence-electron chi connectivity index (χ2n) is 7.21. The van der Waals surface area contributed by atoms with Crippen LogP contribution in [0.3, 0.4) is 0 Å². The Labute approximate surface area is 182 Å². The zero-order valence-electron chi connectivity index (χ0n) is 18.1. The molecule has 2 aliphatic rings. The molecule has 0 unspecified atom stereocenters. The second kappa shape index (κ2) is 11.2. The molecule has 170 valence electrons. The summed E-state index contributed by atoms with van der Waals surface area (Å²) in [5, 5.41) is 16.3. The lowest BCUT2D eigenvalue weighted by molar-refractivity contribution is -0.137. The van der Waals surface area contributed by atoms with Crippen LogP contribution in [0.25, 0.3) is 12.2 Å². The number of sulfonamides is 1. The van der Waals surface area contributed by atoms with Crippen molar-refractivity contribution in [1.82, 2.24) is 4.57 Å². The molecule has 0 amide bonds. The molecule has 1 heterocycles. The maximum atomic E-state index is 12.2. The zero-order valence-corrected chi connectivity index (χ0v) is 18.9. The summed E-state index contributed by atoms with van der Waals surface area (Å²) < 4.78 is 35.7. The van der Waals surface area contributed by atoms with Gasteiger partial charge in [0.1, 0.15) is 5.82 Å². The van der Waals surface area contributed by atoms with E-state index in [9.17, 15) is 17.6 Å². The van der Waals surface area contributed by atoms with Crippen LogP contribution in [0.1, 0.15) is 57.2 Å². The Kier molecular flexibility index (Phi) is 9.00. The first-order chi connectivity index (χ1) is 14.8. The van der Waals surface area contributed by atoms with Gasteiger partial charge in [-0.05, 0) is 73.6 Å². The molecule has 0 fully saturated rings. The van der Waals surface area contributed by atoms with Gasteiger partial charge in [-0.1, -0.05) is 26.0 Å². The van der Waals surface area contributed by atoms with Gasteiger partial charge in [0.05, 0.1) is 11.3 Å². The number of carboxylic acids is 1. The molecular formula is C23H31FN2O4S. The quantitative estimate of drug-likeness (QED) is 0.748. The van der Waals surface area contributed by atoms with Gasteiger partial charge >= 0.3 is 5.97 Å². The Morgan fingerprint density at radius 2 is 1.71 bits per heavy atom. The highest BCUT2D eigenvalue weighted by atomic mass is 32.2. The van der Waals surface area contributed by atoms with E-state index in [0.29, 0.717) is 6.54 Å². The molecule has 31 heavy (non-hydrogen) atoms. The fraction of sp³-hybridized carbons (Fsp3) is 0.435.